The molecule has 0 aliphatic carbocycles. The lowest BCUT2D eigenvalue weighted by Crippen LogP contribution is -1.80. The molecule has 0 saturated carbocycles. The van der Waals surface area contributed by atoms with E-state index in [2.05, 4.69) is 26.0 Å². The minimum absolute atomic E-state index is 0.566. The number of hydrogen-bond donors (Lipinski definition) is 0. The van der Waals surface area contributed by atoms with E-state index in [9.17, 15) is 0 Å². The van der Waals surface area contributed by atoms with Crippen LogP contribution in [0.5, 0.6) is 0 Å². The van der Waals surface area contributed by atoms with Gasteiger partial charge < -0.3 is 0 Å². The fourth-order valence-corrected chi connectivity index (χ4v) is 0.368. The summed E-state index contributed by atoms with van der Waals surface area (Å²) in [4.78, 5) is 0. The van der Waals surface area contributed by atoms with E-state index in [4.69, 9.17) is 0 Å². The molecule has 1 radical (unpaired) electrons. The lowest BCUT2D eigenvalue weighted by Gasteiger charge is -1.93. The monoisotopic (exact) mass is 97.1 g/mol. The summed E-state index contributed by atoms with van der Waals surface area (Å²) < 4.78 is 0. The molecule has 0 aliphatic rings. The maximum absolute atomic E-state index is 3.82. The van der Waals surface area contributed by atoms with Crippen LogP contribution < -0.4 is 0 Å². The molecule has 0 aliphatic heterocycles. The van der Waals surface area contributed by atoms with Crippen LogP contribution in [0.25, 0.3) is 0 Å². The van der Waals surface area contributed by atoms with Crippen molar-refractivity contribution in [3.8, 4) is 0 Å². The molecule has 41 valence electrons. The number of allylic oxidation sites excluding steroid dienone is 2. The van der Waals surface area contributed by atoms with Crippen molar-refractivity contribution in [1.82, 2.24) is 0 Å². The molecule has 0 nitrogen and oxygen atoms in total. The Labute approximate surface area is 46.2 Å². The summed E-state index contributed by atoms with van der Waals surface area (Å²) in [5.41, 5.74) is 0. The van der Waals surface area contributed by atoms with Crippen molar-refractivity contribution >= 4 is 0 Å². The van der Waals surface area contributed by atoms with Gasteiger partial charge in [-0.25, -0.2) is 0 Å². The van der Waals surface area contributed by atoms with Crippen LogP contribution in [0.3, 0.4) is 0 Å². The van der Waals surface area contributed by atoms with Crippen molar-refractivity contribution in [3.05, 3.63) is 19.1 Å². The molecule has 0 heterocycles. The summed E-state index contributed by atoms with van der Waals surface area (Å²) in [6.07, 6.45) is 5.30. The summed E-state index contributed by atoms with van der Waals surface area (Å²) in [5.74, 6) is 0.566. The lowest BCUT2D eigenvalue weighted by molar-refractivity contribution is 0.739. The van der Waals surface area contributed by atoms with E-state index >= 15 is 0 Å². The number of hydrogen-bond acceptors (Lipinski definition) is 0. The molecule has 1 unspecified atom stereocenters. The van der Waals surface area contributed by atoms with Crippen molar-refractivity contribution in [3.63, 3.8) is 0 Å². The zero-order valence-electron chi connectivity index (χ0n) is 5.15. The highest BCUT2D eigenvalue weighted by Crippen LogP contribution is 1.97. The molecule has 0 rings (SSSR count). The zero-order chi connectivity index (χ0) is 5.70. The molecule has 0 aromatic rings. The highest BCUT2D eigenvalue weighted by atomic mass is 13.9. The summed E-state index contributed by atoms with van der Waals surface area (Å²) in [5, 5.41) is 0. The second-order valence-electron chi connectivity index (χ2n) is 1.91. The van der Waals surface area contributed by atoms with Crippen molar-refractivity contribution in [2.75, 3.05) is 0 Å². The summed E-state index contributed by atoms with van der Waals surface area (Å²) >= 11 is 0. The molecule has 0 aromatic carbocycles. The normalized spacial score (nSPS) is 11.4. The lowest BCUT2D eigenvalue weighted by atomic mass is 10.1. The third kappa shape index (κ3) is 5.74. The fraction of sp³-hybridized carbons (Fsp3) is 0.571. The molecule has 0 saturated heterocycles. The molecule has 1 atom stereocenters. The van der Waals surface area contributed by atoms with E-state index < -0.39 is 0 Å². The van der Waals surface area contributed by atoms with Crippen molar-refractivity contribution in [2.24, 2.45) is 5.92 Å². The molecular formula is C7H13. The quantitative estimate of drug-likeness (QED) is 0.464. The average molecular weight is 97.2 g/mol. The highest BCUT2D eigenvalue weighted by Gasteiger charge is 1.84. The Morgan fingerprint density at radius 1 is 1.71 bits per heavy atom. The van der Waals surface area contributed by atoms with E-state index in [-0.39, 0.29) is 0 Å². The van der Waals surface area contributed by atoms with Gasteiger partial charge >= 0.3 is 0 Å². The van der Waals surface area contributed by atoms with Gasteiger partial charge in [0.15, 0.2) is 0 Å². The van der Waals surface area contributed by atoms with Crippen LogP contribution in [0.1, 0.15) is 20.3 Å². The average Bonchev–Trinajstić information content (AvgIpc) is 1.61. The minimum Gasteiger partial charge on any atom is -0.0917 e. The summed E-state index contributed by atoms with van der Waals surface area (Å²) in [6.45, 7) is 7.97. The van der Waals surface area contributed by atoms with Gasteiger partial charge in [-0.2, -0.15) is 0 Å². The van der Waals surface area contributed by atoms with Crippen LogP contribution in [0, 0.1) is 12.8 Å². The number of rotatable bonds is 2. The van der Waals surface area contributed by atoms with E-state index in [1.807, 2.05) is 6.92 Å². The van der Waals surface area contributed by atoms with Gasteiger partial charge in [0.25, 0.3) is 0 Å². The smallest absolute Gasteiger partial charge is 0.0325 e. The molecule has 0 bridgehead atoms. The van der Waals surface area contributed by atoms with Gasteiger partial charge in [0.1, 0.15) is 0 Å². The molecule has 0 aromatic heterocycles. The standard InChI is InChI=1S/C7H13/c1-4-5-6-7(2)3/h4-5,7H,2,6H2,1,3H3/b5-4+. The van der Waals surface area contributed by atoms with Crippen molar-refractivity contribution in [2.45, 2.75) is 20.3 Å². The van der Waals surface area contributed by atoms with Gasteiger partial charge in [-0.3, -0.25) is 0 Å². The molecule has 0 heteroatoms. The maximum Gasteiger partial charge on any atom is -0.0325 e. The molecular weight excluding hydrogens is 84.1 g/mol. The predicted octanol–water partition coefficient (Wildman–Crippen LogP) is 2.42. The summed E-state index contributed by atoms with van der Waals surface area (Å²) in [7, 11) is 0. The third-order valence-electron chi connectivity index (χ3n) is 0.774. The molecule has 7 heavy (non-hydrogen) atoms. The Kier molecular flexibility index (Phi) is 3.77. The van der Waals surface area contributed by atoms with Crippen LogP contribution in [-0.2, 0) is 0 Å². The topological polar surface area (TPSA) is 0 Å². The van der Waals surface area contributed by atoms with Gasteiger partial charge in [0.2, 0.25) is 0 Å². The Bertz CT molecular complexity index is 51.1. The first-order valence-corrected chi connectivity index (χ1v) is 2.71. The van der Waals surface area contributed by atoms with Gasteiger partial charge in [0, 0.05) is 0 Å². The zero-order valence-corrected chi connectivity index (χ0v) is 5.15. The van der Waals surface area contributed by atoms with Gasteiger partial charge in [-0.15, -0.1) is 0 Å². The van der Waals surface area contributed by atoms with Gasteiger partial charge in [-0.05, 0) is 19.3 Å². The second kappa shape index (κ2) is 3.91. The van der Waals surface area contributed by atoms with E-state index in [0.717, 1.165) is 6.42 Å². The third-order valence-corrected chi connectivity index (χ3v) is 0.774. The Balaban J connectivity index is 2.97. The molecule has 0 fully saturated rings. The Morgan fingerprint density at radius 3 is 2.43 bits per heavy atom. The van der Waals surface area contributed by atoms with Crippen LogP contribution >= 0.6 is 0 Å². The Hall–Kier alpha value is -0.260. The van der Waals surface area contributed by atoms with Gasteiger partial charge in [0.05, 0.1) is 0 Å². The highest BCUT2D eigenvalue weighted by molar-refractivity contribution is 4.79. The Morgan fingerprint density at radius 2 is 2.29 bits per heavy atom. The minimum atomic E-state index is 0.566. The summed E-state index contributed by atoms with van der Waals surface area (Å²) in [6, 6.07) is 0. The van der Waals surface area contributed by atoms with E-state index in [0.29, 0.717) is 5.92 Å². The van der Waals surface area contributed by atoms with Gasteiger partial charge in [-0.1, -0.05) is 26.0 Å². The molecule has 0 amide bonds. The SMILES string of the molecule is [CH2]C(C)C/C=C/C. The largest absolute Gasteiger partial charge is 0.0917 e. The first-order valence-electron chi connectivity index (χ1n) is 2.71. The van der Waals surface area contributed by atoms with E-state index in [1.54, 1.807) is 0 Å². The molecule has 0 spiro atoms. The molecule has 0 N–H and O–H groups in total. The predicted molar refractivity (Wildman–Crippen MR) is 34.0 cm³/mol. The first kappa shape index (κ1) is 6.74. The van der Waals surface area contributed by atoms with Crippen LogP contribution in [0.15, 0.2) is 12.2 Å². The first-order chi connectivity index (χ1) is 3.27. The van der Waals surface area contributed by atoms with Crippen LogP contribution in [-0.4, -0.2) is 0 Å². The van der Waals surface area contributed by atoms with Crippen molar-refractivity contribution < 1.29 is 0 Å². The fourth-order valence-electron chi connectivity index (χ4n) is 0.368. The van der Waals surface area contributed by atoms with Crippen LogP contribution in [0.4, 0.5) is 0 Å². The second-order valence-corrected chi connectivity index (χ2v) is 1.91. The van der Waals surface area contributed by atoms with Crippen molar-refractivity contribution in [1.29, 1.82) is 0 Å². The van der Waals surface area contributed by atoms with E-state index in [1.165, 1.54) is 0 Å². The maximum atomic E-state index is 3.82. The van der Waals surface area contributed by atoms with Crippen LogP contribution in [0.2, 0.25) is 0 Å².